The Morgan fingerprint density at radius 2 is 1.71 bits per heavy atom. The Morgan fingerprint density at radius 3 is 2.33 bits per heavy atom. The maximum atomic E-state index is 14.2. The molecule has 0 spiro atoms. The molecule has 0 saturated carbocycles. The van der Waals surface area contributed by atoms with Gasteiger partial charge in [-0.1, -0.05) is 35.9 Å². The summed E-state index contributed by atoms with van der Waals surface area (Å²) in [6.45, 7) is 6.02. The van der Waals surface area contributed by atoms with Gasteiger partial charge in [0.2, 0.25) is 10.0 Å². The van der Waals surface area contributed by atoms with Crippen molar-refractivity contribution in [3.63, 3.8) is 0 Å². The largest absolute Gasteiger partial charge is 0.244 e. The molecule has 0 N–H and O–H groups in total. The molecule has 0 unspecified atom stereocenters. The number of benzene rings is 2. The van der Waals surface area contributed by atoms with Gasteiger partial charge in [0.15, 0.2) is 0 Å². The summed E-state index contributed by atoms with van der Waals surface area (Å²) in [6.07, 6.45) is 1.38. The Labute approximate surface area is 143 Å². The lowest BCUT2D eigenvalue weighted by molar-refractivity contribution is 0.386. The summed E-state index contributed by atoms with van der Waals surface area (Å²) in [4.78, 5) is 0.358. The van der Waals surface area contributed by atoms with E-state index in [0.29, 0.717) is 23.4 Å². The molecule has 3 rings (SSSR count). The fourth-order valence-electron chi connectivity index (χ4n) is 3.77. The molecule has 2 aromatic carbocycles. The minimum absolute atomic E-state index is 0.345. The fraction of sp³-hybridized carbons (Fsp3) is 0.368. The van der Waals surface area contributed by atoms with Crippen molar-refractivity contribution in [1.29, 1.82) is 0 Å². The van der Waals surface area contributed by atoms with Gasteiger partial charge >= 0.3 is 0 Å². The summed E-state index contributed by atoms with van der Waals surface area (Å²) in [6, 6.07) is 9.78. The van der Waals surface area contributed by atoms with Gasteiger partial charge in [-0.15, -0.1) is 0 Å². The van der Waals surface area contributed by atoms with Gasteiger partial charge in [-0.05, 0) is 50.8 Å². The van der Waals surface area contributed by atoms with Crippen molar-refractivity contribution in [2.24, 2.45) is 0 Å². The Morgan fingerprint density at radius 1 is 1.08 bits per heavy atom. The van der Waals surface area contributed by atoms with Crippen LogP contribution in [0.3, 0.4) is 0 Å². The Kier molecular flexibility index (Phi) is 4.49. The minimum atomic E-state index is -3.66. The van der Waals surface area contributed by atoms with Crippen molar-refractivity contribution in [2.75, 3.05) is 6.54 Å². The van der Waals surface area contributed by atoms with E-state index in [-0.39, 0.29) is 5.82 Å². The third-order valence-electron chi connectivity index (χ3n) is 4.64. The van der Waals surface area contributed by atoms with Gasteiger partial charge in [-0.25, -0.2) is 12.8 Å². The maximum absolute atomic E-state index is 14.2. The first kappa shape index (κ1) is 17.1. The lowest BCUT2D eigenvalue weighted by atomic mass is 10.1. The minimum Gasteiger partial charge on any atom is -0.207 e. The van der Waals surface area contributed by atoms with E-state index in [4.69, 9.17) is 0 Å². The molecule has 3 nitrogen and oxygen atoms in total. The van der Waals surface area contributed by atoms with Crippen LogP contribution in [0.25, 0.3) is 0 Å². The quantitative estimate of drug-likeness (QED) is 0.831. The summed E-state index contributed by atoms with van der Waals surface area (Å²) < 4.78 is 42.2. The predicted octanol–water partition coefficient (Wildman–Crippen LogP) is 4.28. The smallest absolute Gasteiger partial charge is 0.207 e. The number of hydrogen-bond acceptors (Lipinski definition) is 2. The lowest BCUT2D eigenvalue weighted by Gasteiger charge is -2.26. The van der Waals surface area contributed by atoms with Crippen LogP contribution in [0.5, 0.6) is 0 Å². The summed E-state index contributed by atoms with van der Waals surface area (Å²) in [7, 11) is -3.66. The number of hydrogen-bond donors (Lipinski definition) is 0. The van der Waals surface area contributed by atoms with E-state index >= 15 is 0 Å². The second kappa shape index (κ2) is 6.30. The van der Waals surface area contributed by atoms with Crippen LogP contribution in [0.1, 0.15) is 41.1 Å². The molecule has 0 bridgehead atoms. The number of aryl methyl sites for hydroxylation is 3. The second-order valence-corrected chi connectivity index (χ2v) is 8.35. The molecule has 1 heterocycles. The molecular formula is C19H22FNO2S. The van der Waals surface area contributed by atoms with Crippen molar-refractivity contribution >= 4 is 10.0 Å². The molecule has 1 fully saturated rings. The van der Waals surface area contributed by atoms with E-state index in [1.165, 1.54) is 10.4 Å². The maximum Gasteiger partial charge on any atom is 0.244 e. The third-order valence-corrected chi connectivity index (χ3v) is 6.85. The highest BCUT2D eigenvalue weighted by molar-refractivity contribution is 7.89. The average molecular weight is 347 g/mol. The topological polar surface area (TPSA) is 37.4 Å². The van der Waals surface area contributed by atoms with Crippen LogP contribution in [0, 0.1) is 26.6 Å². The number of nitrogens with zero attached hydrogens (tertiary/aromatic N) is 1. The van der Waals surface area contributed by atoms with Gasteiger partial charge in [0.25, 0.3) is 0 Å². The first-order valence-corrected chi connectivity index (χ1v) is 9.60. The normalized spacial score (nSPS) is 18.9. The standard InChI is InChI=1S/C19H22FNO2S/c1-13-11-14(2)19(15(3)12-13)24(22,23)21-10-6-9-18(21)16-7-4-5-8-17(16)20/h4-5,7-8,11-12,18H,6,9-10H2,1-3H3/t18-/m1/s1. The number of rotatable bonds is 3. The highest BCUT2D eigenvalue weighted by Crippen LogP contribution is 2.39. The van der Waals surface area contributed by atoms with Crippen molar-refractivity contribution < 1.29 is 12.8 Å². The molecule has 0 aromatic heterocycles. The Balaban J connectivity index is 2.09. The molecule has 2 aromatic rings. The summed E-state index contributed by atoms with van der Waals surface area (Å²) in [5.74, 6) is -0.345. The first-order chi connectivity index (χ1) is 11.3. The summed E-state index contributed by atoms with van der Waals surface area (Å²) in [5.41, 5.74) is 2.98. The zero-order chi connectivity index (χ0) is 17.5. The van der Waals surface area contributed by atoms with Crippen molar-refractivity contribution in [3.05, 3.63) is 64.5 Å². The molecule has 1 atom stereocenters. The summed E-state index contributed by atoms with van der Waals surface area (Å²) >= 11 is 0. The molecular weight excluding hydrogens is 325 g/mol. The number of halogens is 1. The predicted molar refractivity (Wildman–Crippen MR) is 92.9 cm³/mol. The van der Waals surface area contributed by atoms with E-state index < -0.39 is 16.1 Å². The Bertz CT molecular complexity index is 854. The van der Waals surface area contributed by atoms with Gasteiger partial charge in [0.05, 0.1) is 10.9 Å². The van der Waals surface area contributed by atoms with E-state index in [1.807, 2.05) is 32.9 Å². The van der Waals surface area contributed by atoms with Crippen LogP contribution >= 0.6 is 0 Å². The van der Waals surface area contributed by atoms with Gasteiger partial charge in [0, 0.05) is 12.1 Å². The molecule has 1 aliphatic rings. The molecule has 5 heteroatoms. The van der Waals surface area contributed by atoms with Crippen molar-refractivity contribution in [2.45, 2.75) is 44.6 Å². The SMILES string of the molecule is Cc1cc(C)c(S(=O)(=O)N2CCC[C@@H]2c2ccccc2F)c(C)c1. The van der Waals surface area contributed by atoms with Crippen LogP contribution in [-0.4, -0.2) is 19.3 Å². The van der Waals surface area contributed by atoms with E-state index in [9.17, 15) is 12.8 Å². The van der Waals surface area contributed by atoms with Crippen LogP contribution < -0.4 is 0 Å². The first-order valence-electron chi connectivity index (χ1n) is 8.16. The lowest BCUT2D eigenvalue weighted by Crippen LogP contribution is -2.32. The van der Waals surface area contributed by atoms with Gasteiger partial charge < -0.3 is 0 Å². The van der Waals surface area contributed by atoms with Crippen LogP contribution in [0.15, 0.2) is 41.3 Å². The monoisotopic (exact) mass is 347 g/mol. The van der Waals surface area contributed by atoms with Crippen LogP contribution in [0.4, 0.5) is 4.39 Å². The van der Waals surface area contributed by atoms with Crippen molar-refractivity contribution in [3.8, 4) is 0 Å². The Hall–Kier alpha value is -1.72. The highest BCUT2D eigenvalue weighted by atomic mass is 32.2. The second-order valence-electron chi connectivity index (χ2n) is 6.52. The molecule has 0 aliphatic carbocycles. The van der Waals surface area contributed by atoms with Gasteiger partial charge in [0.1, 0.15) is 5.82 Å². The number of sulfonamides is 1. The van der Waals surface area contributed by atoms with Crippen LogP contribution in [-0.2, 0) is 10.0 Å². The van der Waals surface area contributed by atoms with Crippen molar-refractivity contribution in [1.82, 2.24) is 4.31 Å². The molecule has 1 saturated heterocycles. The zero-order valence-corrected chi connectivity index (χ0v) is 15.0. The van der Waals surface area contributed by atoms with E-state index in [0.717, 1.165) is 23.1 Å². The zero-order valence-electron chi connectivity index (χ0n) is 14.2. The van der Waals surface area contributed by atoms with Gasteiger partial charge in [-0.3, -0.25) is 0 Å². The molecule has 128 valence electrons. The molecule has 24 heavy (non-hydrogen) atoms. The summed E-state index contributed by atoms with van der Waals surface area (Å²) in [5, 5.41) is 0. The van der Waals surface area contributed by atoms with Crippen LogP contribution in [0.2, 0.25) is 0 Å². The van der Waals surface area contributed by atoms with E-state index in [2.05, 4.69) is 0 Å². The average Bonchev–Trinajstić information content (AvgIpc) is 2.96. The third kappa shape index (κ3) is 2.87. The molecule has 0 amide bonds. The molecule has 1 aliphatic heterocycles. The highest BCUT2D eigenvalue weighted by Gasteiger charge is 2.38. The van der Waals surface area contributed by atoms with E-state index in [1.54, 1.807) is 18.2 Å². The molecule has 0 radical (unpaired) electrons. The van der Waals surface area contributed by atoms with Gasteiger partial charge in [-0.2, -0.15) is 4.31 Å². The fourth-order valence-corrected chi connectivity index (χ4v) is 5.86.